The molecule has 0 bridgehead atoms. The summed E-state index contributed by atoms with van der Waals surface area (Å²) in [5, 5.41) is 2.01. The Morgan fingerprint density at radius 3 is 2.42 bits per heavy atom. The quantitative estimate of drug-likeness (QED) is 0.459. The van der Waals surface area contributed by atoms with Crippen molar-refractivity contribution < 1.29 is 12.8 Å². The van der Waals surface area contributed by atoms with E-state index in [0.29, 0.717) is 32.7 Å². The SMILES string of the molecule is O=S(=O)(c1ccccc1F)N1CCN(Cc2c(-c3ccccc3)nc3sccn23)CC1. The average Bonchev–Trinajstić information content (AvgIpc) is 3.38. The fraction of sp³-hybridized carbons (Fsp3) is 0.227. The van der Waals surface area contributed by atoms with Gasteiger partial charge < -0.3 is 0 Å². The molecule has 0 spiro atoms. The first-order valence-corrected chi connectivity index (χ1v) is 12.3. The van der Waals surface area contributed by atoms with Crippen LogP contribution in [0.1, 0.15) is 5.69 Å². The van der Waals surface area contributed by atoms with Crippen molar-refractivity contribution in [2.45, 2.75) is 11.4 Å². The Balaban J connectivity index is 1.35. The fourth-order valence-corrected chi connectivity index (χ4v) is 6.16. The van der Waals surface area contributed by atoms with Crippen molar-refractivity contribution in [1.29, 1.82) is 0 Å². The van der Waals surface area contributed by atoms with E-state index in [9.17, 15) is 12.8 Å². The highest BCUT2D eigenvalue weighted by atomic mass is 32.2. The lowest BCUT2D eigenvalue weighted by Gasteiger charge is -2.34. The van der Waals surface area contributed by atoms with Gasteiger partial charge in [0.25, 0.3) is 0 Å². The highest BCUT2D eigenvalue weighted by Gasteiger charge is 2.31. The van der Waals surface area contributed by atoms with E-state index in [0.717, 1.165) is 21.9 Å². The summed E-state index contributed by atoms with van der Waals surface area (Å²) in [5.74, 6) is -0.712. The number of sulfonamides is 1. The third-order valence-corrected chi connectivity index (χ3v) is 8.26. The van der Waals surface area contributed by atoms with Crippen molar-refractivity contribution in [3.63, 3.8) is 0 Å². The second-order valence-corrected chi connectivity index (χ2v) is 10.2. The van der Waals surface area contributed by atoms with Gasteiger partial charge in [0.1, 0.15) is 10.7 Å². The minimum absolute atomic E-state index is 0.259. The number of rotatable bonds is 5. The molecule has 0 saturated carbocycles. The van der Waals surface area contributed by atoms with Gasteiger partial charge in [-0.15, -0.1) is 11.3 Å². The monoisotopic (exact) mass is 456 g/mol. The van der Waals surface area contributed by atoms with Gasteiger partial charge in [-0.05, 0) is 12.1 Å². The average molecular weight is 457 g/mol. The third kappa shape index (κ3) is 3.78. The van der Waals surface area contributed by atoms with Gasteiger partial charge in [0.05, 0.1) is 11.4 Å². The Morgan fingerprint density at radius 2 is 1.68 bits per heavy atom. The number of imidazole rings is 1. The minimum atomic E-state index is -3.84. The second-order valence-electron chi connectivity index (χ2n) is 7.44. The van der Waals surface area contributed by atoms with Crippen molar-refractivity contribution in [3.05, 3.63) is 77.7 Å². The molecule has 0 aliphatic carbocycles. The summed E-state index contributed by atoms with van der Waals surface area (Å²) in [6, 6.07) is 15.6. The highest BCUT2D eigenvalue weighted by molar-refractivity contribution is 7.89. The van der Waals surface area contributed by atoms with Gasteiger partial charge in [-0.1, -0.05) is 42.5 Å². The van der Waals surface area contributed by atoms with Crippen molar-refractivity contribution in [2.24, 2.45) is 0 Å². The molecule has 2 aromatic carbocycles. The maximum absolute atomic E-state index is 14.1. The van der Waals surface area contributed by atoms with Crippen LogP contribution in [0, 0.1) is 5.82 Å². The van der Waals surface area contributed by atoms with Crippen LogP contribution in [-0.4, -0.2) is 53.2 Å². The number of nitrogens with zero attached hydrogens (tertiary/aromatic N) is 4. The molecule has 6 nitrogen and oxygen atoms in total. The molecule has 0 unspecified atom stereocenters. The maximum atomic E-state index is 14.1. The predicted octanol–water partition coefficient (Wildman–Crippen LogP) is 3.71. The predicted molar refractivity (Wildman–Crippen MR) is 119 cm³/mol. The Labute approximate surface area is 184 Å². The largest absolute Gasteiger partial charge is 0.295 e. The van der Waals surface area contributed by atoms with Gasteiger partial charge in [0.2, 0.25) is 10.0 Å². The van der Waals surface area contributed by atoms with Gasteiger partial charge >= 0.3 is 0 Å². The first-order chi connectivity index (χ1) is 15.0. The van der Waals surface area contributed by atoms with Crippen LogP contribution in [0.25, 0.3) is 16.2 Å². The van der Waals surface area contributed by atoms with Crippen LogP contribution in [0.4, 0.5) is 4.39 Å². The van der Waals surface area contributed by atoms with E-state index in [-0.39, 0.29) is 4.90 Å². The van der Waals surface area contributed by atoms with Gasteiger partial charge in [0, 0.05) is 49.9 Å². The number of piperazine rings is 1. The first-order valence-electron chi connectivity index (χ1n) is 10.0. The minimum Gasteiger partial charge on any atom is -0.295 e. The number of fused-ring (bicyclic) bond motifs is 1. The Hall–Kier alpha value is -2.59. The Morgan fingerprint density at radius 1 is 0.968 bits per heavy atom. The van der Waals surface area contributed by atoms with Crippen LogP contribution in [0.5, 0.6) is 0 Å². The number of hydrogen-bond acceptors (Lipinski definition) is 5. The summed E-state index contributed by atoms with van der Waals surface area (Å²) >= 11 is 1.59. The Kier molecular flexibility index (Phi) is 5.35. The molecular weight excluding hydrogens is 435 g/mol. The van der Waals surface area contributed by atoms with Gasteiger partial charge in [-0.25, -0.2) is 17.8 Å². The summed E-state index contributed by atoms with van der Waals surface area (Å²) < 4.78 is 43.3. The molecule has 1 aliphatic heterocycles. The van der Waals surface area contributed by atoms with E-state index in [1.165, 1.54) is 22.5 Å². The van der Waals surface area contributed by atoms with Crippen LogP contribution < -0.4 is 0 Å². The summed E-state index contributed by atoms with van der Waals surface area (Å²) in [6.45, 7) is 2.44. The second kappa shape index (κ2) is 8.16. The molecule has 0 atom stereocenters. The standard InChI is InChI=1S/C22H21FN4O2S2/c23-18-8-4-5-9-20(18)31(28,29)26-12-10-25(11-13-26)16-19-21(17-6-2-1-3-7-17)24-22-27(19)14-15-30-22/h1-9,14-15H,10-13,16H2. The molecule has 31 heavy (non-hydrogen) atoms. The van der Waals surface area contributed by atoms with Gasteiger partial charge in [-0.3, -0.25) is 9.30 Å². The molecule has 4 aromatic rings. The Bertz CT molecular complexity index is 1310. The molecule has 9 heteroatoms. The summed E-state index contributed by atoms with van der Waals surface area (Å²) in [7, 11) is -3.84. The molecule has 5 rings (SSSR count). The topological polar surface area (TPSA) is 57.9 Å². The normalized spacial score (nSPS) is 16.2. The molecule has 1 saturated heterocycles. The summed E-state index contributed by atoms with van der Waals surface area (Å²) in [6.07, 6.45) is 2.02. The van der Waals surface area contributed by atoms with Crippen molar-refractivity contribution in [2.75, 3.05) is 26.2 Å². The molecule has 160 valence electrons. The van der Waals surface area contributed by atoms with Crippen LogP contribution in [-0.2, 0) is 16.6 Å². The molecular formula is C22H21FN4O2S2. The van der Waals surface area contributed by atoms with E-state index >= 15 is 0 Å². The van der Waals surface area contributed by atoms with Crippen molar-refractivity contribution >= 4 is 26.3 Å². The number of benzene rings is 2. The smallest absolute Gasteiger partial charge is 0.246 e. The van der Waals surface area contributed by atoms with Crippen LogP contribution in [0.15, 0.2) is 71.1 Å². The highest BCUT2D eigenvalue weighted by Crippen LogP contribution is 2.28. The molecule has 1 aliphatic rings. The van der Waals surface area contributed by atoms with Crippen LogP contribution in [0.3, 0.4) is 0 Å². The van der Waals surface area contributed by atoms with E-state index in [2.05, 4.69) is 21.4 Å². The van der Waals surface area contributed by atoms with Crippen LogP contribution >= 0.6 is 11.3 Å². The lowest BCUT2D eigenvalue weighted by molar-refractivity contribution is 0.179. The van der Waals surface area contributed by atoms with E-state index in [1.54, 1.807) is 17.4 Å². The fourth-order valence-electron chi connectivity index (χ4n) is 3.94. The molecule has 1 fully saturated rings. The zero-order valence-corrected chi connectivity index (χ0v) is 18.3. The zero-order chi connectivity index (χ0) is 21.4. The molecule has 3 heterocycles. The molecule has 2 aromatic heterocycles. The van der Waals surface area contributed by atoms with E-state index in [1.807, 2.05) is 29.8 Å². The number of halogens is 1. The lowest BCUT2D eigenvalue weighted by atomic mass is 10.1. The number of aromatic nitrogens is 2. The van der Waals surface area contributed by atoms with Gasteiger partial charge in [-0.2, -0.15) is 4.31 Å². The first kappa shape index (κ1) is 20.3. The third-order valence-electron chi connectivity index (χ3n) is 5.57. The van der Waals surface area contributed by atoms with Crippen molar-refractivity contribution in [1.82, 2.24) is 18.6 Å². The van der Waals surface area contributed by atoms with Crippen LogP contribution in [0.2, 0.25) is 0 Å². The van der Waals surface area contributed by atoms with Crippen molar-refractivity contribution in [3.8, 4) is 11.3 Å². The molecule has 0 radical (unpaired) electrons. The number of thiazole rings is 1. The maximum Gasteiger partial charge on any atom is 0.246 e. The summed E-state index contributed by atoms with van der Waals surface area (Å²) in [5.41, 5.74) is 3.11. The number of hydrogen-bond donors (Lipinski definition) is 0. The summed E-state index contributed by atoms with van der Waals surface area (Å²) in [4.78, 5) is 7.72. The van der Waals surface area contributed by atoms with Gasteiger partial charge in [0.15, 0.2) is 4.96 Å². The van der Waals surface area contributed by atoms with E-state index in [4.69, 9.17) is 4.98 Å². The molecule has 0 N–H and O–H groups in total. The lowest BCUT2D eigenvalue weighted by Crippen LogP contribution is -2.48. The van der Waals surface area contributed by atoms with E-state index < -0.39 is 15.8 Å². The zero-order valence-electron chi connectivity index (χ0n) is 16.7. The molecule has 0 amide bonds.